The Labute approximate surface area is 384 Å². The molecule has 2 aliphatic heterocycles. The third-order valence-electron chi connectivity index (χ3n) is 15.0. The highest BCUT2D eigenvalue weighted by atomic mass is 16.5. The lowest BCUT2D eigenvalue weighted by Gasteiger charge is -2.30. The van der Waals surface area contributed by atoms with Crippen LogP contribution in [0.2, 0.25) is 0 Å². The number of benzene rings is 2. The molecule has 348 valence electrons. The molecular weight excluding hydrogens is 819 g/mol. The van der Waals surface area contributed by atoms with Crippen LogP contribution in [0.3, 0.4) is 0 Å². The Bertz CT molecular complexity index is 2420. The van der Waals surface area contributed by atoms with E-state index >= 15 is 0 Å². The largest absolute Gasteiger partial charge is 0.469 e. The van der Waals surface area contributed by atoms with Gasteiger partial charge in [-0.05, 0) is 94.4 Å². The summed E-state index contributed by atoms with van der Waals surface area (Å²) in [6, 6.07) is 12.0. The average Bonchev–Trinajstić information content (AvgIpc) is 4.14. The maximum Gasteiger partial charge on any atom is 0.407 e. The van der Waals surface area contributed by atoms with Gasteiger partial charge >= 0.3 is 12.1 Å². The molecule has 3 amide bonds. The van der Waals surface area contributed by atoms with Gasteiger partial charge in [0, 0.05) is 18.7 Å². The van der Waals surface area contributed by atoms with Crippen molar-refractivity contribution < 1.29 is 28.7 Å². The summed E-state index contributed by atoms with van der Waals surface area (Å²) in [6.07, 6.45) is 11.8. The maximum atomic E-state index is 14.1. The van der Waals surface area contributed by atoms with Crippen LogP contribution in [0.5, 0.6) is 0 Å². The fourth-order valence-electron chi connectivity index (χ4n) is 11.5. The van der Waals surface area contributed by atoms with Crippen molar-refractivity contribution in [2.75, 3.05) is 27.3 Å². The van der Waals surface area contributed by atoms with Crippen LogP contribution in [0.25, 0.3) is 33.6 Å². The minimum atomic E-state index is -0.714. The van der Waals surface area contributed by atoms with Gasteiger partial charge in [0.25, 0.3) is 0 Å². The number of rotatable bonds is 12. The minimum absolute atomic E-state index is 0.0154. The Hall–Kier alpha value is -5.46. The number of aromatic amines is 2. The highest BCUT2D eigenvalue weighted by molar-refractivity contribution is 5.87. The fourth-order valence-corrected chi connectivity index (χ4v) is 11.5. The Balaban J connectivity index is 1.06. The van der Waals surface area contributed by atoms with Crippen LogP contribution in [0.15, 0.2) is 48.8 Å². The predicted molar refractivity (Wildman–Crippen MR) is 250 cm³/mol. The zero-order chi connectivity index (χ0) is 46.6. The summed E-state index contributed by atoms with van der Waals surface area (Å²) < 4.78 is 9.82. The molecule has 13 nitrogen and oxygen atoms in total. The highest BCUT2D eigenvalue weighted by Gasteiger charge is 2.47. The Kier molecular flexibility index (Phi) is 12.6. The van der Waals surface area contributed by atoms with Crippen molar-refractivity contribution >= 4 is 23.9 Å². The SMILES string of the molecule is COC(=O)C[C@H](C(=O)N1CC(C)(C)C[C@H]1c1ncc(-c2ccc(-c3ccc(-c4cnc([C@@H]5CC(C)(C)CN5C(=O)[C@@H](NC(=O)OC)C(C)C)[nH]4)c4c3CC3(CCCC3)C4)cc2)[nH]1)C(C)C. The van der Waals surface area contributed by atoms with Crippen molar-refractivity contribution in [3.8, 4) is 33.6 Å². The second kappa shape index (κ2) is 17.7. The summed E-state index contributed by atoms with van der Waals surface area (Å²) in [5, 5.41) is 2.78. The summed E-state index contributed by atoms with van der Waals surface area (Å²) in [4.78, 5) is 73.6. The summed E-state index contributed by atoms with van der Waals surface area (Å²) >= 11 is 0. The number of nitrogens with one attached hydrogen (secondary N) is 3. The Morgan fingerprint density at radius 3 is 1.78 bits per heavy atom. The molecular formula is C52H69N7O6. The van der Waals surface area contributed by atoms with Gasteiger partial charge in [-0.25, -0.2) is 14.8 Å². The molecule has 4 aromatic rings. The van der Waals surface area contributed by atoms with E-state index in [2.05, 4.69) is 79.4 Å². The second-order valence-corrected chi connectivity index (χ2v) is 21.8. The number of hydrogen-bond acceptors (Lipinski definition) is 8. The molecule has 2 aromatic heterocycles. The first-order valence-electron chi connectivity index (χ1n) is 23.7. The third-order valence-corrected chi connectivity index (χ3v) is 15.0. The van der Waals surface area contributed by atoms with Gasteiger partial charge in [0.2, 0.25) is 11.8 Å². The van der Waals surface area contributed by atoms with E-state index in [1.54, 1.807) is 0 Å². The molecule has 8 rings (SSSR count). The summed E-state index contributed by atoms with van der Waals surface area (Å²) in [5.41, 5.74) is 9.28. The maximum absolute atomic E-state index is 14.1. The minimum Gasteiger partial charge on any atom is -0.469 e. The first-order chi connectivity index (χ1) is 30.8. The Morgan fingerprint density at radius 1 is 0.708 bits per heavy atom. The predicted octanol–water partition coefficient (Wildman–Crippen LogP) is 9.61. The highest BCUT2D eigenvalue weighted by Crippen LogP contribution is 2.53. The topological polar surface area (TPSA) is 163 Å². The Morgan fingerprint density at radius 2 is 1.23 bits per heavy atom. The van der Waals surface area contributed by atoms with Gasteiger partial charge in [0.15, 0.2) is 0 Å². The molecule has 0 radical (unpaired) electrons. The van der Waals surface area contributed by atoms with E-state index in [4.69, 9.17) is 19.4 Å². The number of aromatic nitrogens is 4. The zero-order valence-corrected chi connectivity index (χ0v) is 40.1. The van der Waals surface area contributed by atoms with Crippen molar-refractivity contribution in [3.63, 3.8) is 0 Å². The number of alkyl carbamates (subject to hydrolysis) is 1. The van der Waals surface area contributed by atoms with Crippen molar-refractivity contribution in [2.45, 2.75) is 131 Å². The quantitative estimate of drug-likeness (QED) is 0.119. The molecule has 4 atom stereocenters. The van der Waals surface area contributed by atoms with E-state index < -0.39 is 18.1 Å². The molecule has 1 spiro atoms. The normalized spacial score (nSPS) is 21.5. The molecule has 3 N–H and O–H groups in total. The lowest BCUT2D eigenvalue weighted by Crippen LogP contribution is -2.51. The first kappa shape index (κ1) is 46.1. The molecule has 4 aliphatic rings. The second-order valence-electron chi connectivity index (χ2n) is 21.8. The van der Waals surface area contributed by atoms with Crippen molar-refractivity contribution in [1.82, 2.24) is 35.1 Å². The molecule has 2 aromatic carbocycles. The van der Waals surface area contributed by atoms with E-state index in [0.29, 0.717) is 13.1 Å². The number of carbonyl (C=O) groups excluding carboxylic acids is 4. The fraction of sp³-hybridized carbons (Fsp3) is 0.577. The van der Waals surface area contributed by atoms with E-state index in [1.807, 2.05) is 49.9 Å². The number of imidazole rings is 2. The molecule has 1 saturated carbocycles. The van der Waals surface area contributed by atoms with Gasteiger partial charge in [0.1, 0.15) is 17.7 Å². The van der Waals surface area contributed by atoms with Gasteiger partial charge in [0.05, 0.1) is 62.4 Å². The van der Waals surface area contributed by atoms with Crippen LogP contribution in [-0.2, 0) is 36.7 Å². The van der Waals surface area contributed by atoms with Crippen LogP contribution < -0.4 is 5.32 Å². The van der Waals surface area contributed by atoms with Crippen LogP contribution in [0.4, 0.5) is 4.79 Å². The molecule has 2 aliphatic carbocycles. The van der Waals surface area contributed by atoms with Crippen LogP contribution in [0, 0.1) is 34.0 Å². The molecule has 4 heterocycles. The van der Waals surface area contributed by atoms with Gasteiger partial charge in [-0.15, -0.1) is 0 Å². The number of carbonyl (C=O) groups is 4. The molecule has 2 saturated heterocycles. The standard InChI is InChI=1S/C52H69N7O6/c1-30(2)36(21-43(60)64-9)47(61)58-28-50(5,6)24-41(58)45-53-26-39(55-45)33-15-13-32(14-16-33)34-17-18-35(38-23-52(22-37(34)38)19-11-12-20-52)40-27-54-46(56-40)42-25-51(7,8)29-59(42)48(62)44(31(3)4)57-49(63)65-10/h13-18,26-27,30-31,36,41-42,44H,11-12,19-25,28-29H2,1-10H3,(H,53,55)(H,54,56)(H,57,63)/t36-,41-,42-,44-/m0/s1. The summed E-state index contributed by atoms with van der Waals surface area (Å²) in [6.45, 7) is 17.7. The number of H-pyrrole nitrogens is 2. The van der Waals surface area contributed by atoms with Crippen molar-refractivity contribution in [2.24, 2.45) is 34.0 Å². The van der Waals surface area contributed by atoms with E-state index in [9.17, 15) is 19.2 Å². The average molecular weight is 888 g/mol. The van der Waals surface area contributed by atoms with Crippen LogP contribution in [0.1, 0.15) is 135 Å². The van der Waals surface area contributed by atoms with Crippen LogP contribution >= 0.6 is 0 Å². The smallest absolute Gasteiger partial charge is 0.407 e. The molecule has 0 unspecified atom stereocenters. The van der Waals surface area contributed by atoms with Crippen molar-refractivity contribution in [3.05, 3.63) is 71.6 Å². The number of likely N-dealkylation sites (tertiary alicyclic amines) is 2. The number of methoxy groups -OCH3 is 2. The zero-order valence-electron chi connectivity index (χ0n) is 40.1. The third kappa shape index (κ3) is 9.21. The van der Waals surface area contributed by atoms with E-state index in [-0.39, 0.29) is 64.4 Å². The summed E-state index contributed by atoms with van der Waals surface area (Å²) in [5.74, 6) is 0.380. The van der Waals surface area contributed by atoms with Gasteiger partial charge in [-0.1, -0.05) is 105 Å². The van der Waals surface area contributed by atoms with E-state index in [1.165, 1.54) is 67.7 Å². The van der Waals surface area contributed by atoms with E-state index in [0.717, 1.165) is 54.3 Å². The lowest BCUT2D eigenvalue weighted by molar-refractivity contribution is -0.148. The molecule has 3 fully saturated rings. The number of esters is 1. The van der Waals surface area contributed by atoms with Gasteiger partial charge < -0.3 is 34.6 Å². The lowest BCUT2D eigenvalue weighted by atomic mass is 9.82. The summed E-state index contributed by atoms with van der Waals surface area (Å²) in [7, 11) is 2.68. The monoisotopic (exact) mass is 888 g/mol. The van der Waals surface area contributed by atoms with Crippen molar-refractivity contribution in [1.29, 1.82) is 0 Å². The number of hydrogen-bond donors (Lipinski definition) is 3. The number of fused-ring (bicyclic) bond motifs is 1. The molecule has 13 heteroatoms. The van der Waals surface area contributed by atoms with Crippen LogP contribution in [-0.4, -0.2) is 87.0 Å². The molecule has 65 heavy (non-hydrogen) atoms. The number of nitrogens with zero attached hydrogens (tertiary/aromatic N) is 4. The van der Waals surface area contributed by atoms with Gasteiger partial charge in [-0.2, -0.15) is 0 Å². The molecule has 0 bridgehead atoms. The number of ether oxygens (including phenoxy) is 2. The van der Waals surface area contributed by atoms with Gasteiger partial charge in [-0.3, -0.25) is 14.4 Å². The first-order valence-corrected chi connectivity index (χ1v) is 23.7. The number of amides is 3.